The van der Waals surface area contributed by atoms with Crippen LogP contribution in [-0.2, 0) is 5.75 Å². The van der Waals surface area contributed by atoms with E-state index in [-0.39, 0.29) is 17.9 Å². The minimum atomic E-state index is -0.226. The maximum atomic E-state index is 12.5. The van der Waals surface area contributed by atoms with Crippen LogP contribution in [0.25, 0.3) is 0 Å². The molecule has 2 amide bonds. The fraction of sp³-hybridized carbons (Fsp3) is 0.227. The van der Waals surface area contributed by atoms with Crippen molar-refractivity contribution in [2.45, 2.75) is 35.9 Å². The van der Waals surface area contributed by atoms with Crippen LogP contribution in [0.5, 0.6) is 0 Å². The predicted molar refractivity (Wildman–Crippen MR) is 123 cm³/mol. The van der Waals surface area contributed by atoms with Gasteiger partial charge in [0.05, 0.1) is 10.6 Å². The highest BCUT2D eigenvalue weighted by molar-refractivity contribution is 8.00. The summed E-state index contributed by atoms with van der Waals surface area (Å²) in [4.78, 5) is 29.1. The van der Waals surface area contributed by atoms with Gasteiger partial charge in [-0.05, 0) is 55.7 Å². The molecule has 4 rings (SSSR count). The highest BCUT2D eigenvalue weighted by Crippen LogP contribution is 2.27. The molecule has 2 N–H and O–H groups in total. The lowest BCUT2D eigenvalue weighted by Crippen LogP contribution is -2.25. The molecule has 8 heteroatoms. The molecule has 0 saturated heterocycles. The van der Waals surface area contributed by atoms with Crippen LogP contribution in [0.15, 0.2) is 52.2 Å². The van der Waals surface area contributed by atoms with Crippen LogP contribution in [0.2, 0.25) is 5.02 Å². The number of nitrogens with one attached hydrogen (secondary N) is 2. The molecule has 1 heterocycles. The summed E-state index contributed by atoms with van der Waals surface area (Å²) >= 11 is 9.57. The van der Waals surface area contributed by atoms with Gasteiger partial charge >= 0.3 is 0 Å². The molecule has 1 fully saturated rings. The van der Waals surface area contributed by atoms with E-state index in [1.54, 1.807) is 53.4 Å². The molecule has 3 aromatic rings. The average Bonchev–Trinajstić information content (AvgIpc) is 3.44. The van der Waals surface area contributed by atoms with E-state index in [9.17, 15) is 9.59 Å². The van der Waals surface area contributed by atoms with Crippen molar-refractivity contribution in [1.82, 2.24) is 10.3 Å². The second kappa shape index (κ2) is 9.20. The number of thioether (sulfide) groups is 1. The summed E-state index contributed by atoms with van der Waals surface area (Å²) < 4.78 is 1.04. The Morgan fingerprint density at radius 1 is 1.17 bits per heavy atom. The Kier molecular flexibility index (Phi) is 6.41. The Morgan fingerprint density at radius 2 is 1.93 bits per heavy atom. The number of amides is 2. The predicted octanol–water partition coefficient (Wildman–Crippen LogP) is 5.54. The molecule has 154 valence electrons. The zero-order chi connectivity index (χ0) is 21.1. The Bertz CT molecular complexity index is 1080. The second-order valence-corrected chi connectivity index (χ2v) is 9.62. The number of benzene rings is 2. The van der Waals surface area contributed by atoms with E-state index in [1.165, 1.54) is 0 Å². The molecule has 1 aromatic heterocycles. The number of aryl methyl sites for hydroxylation is 1. The van der Waals surface area contributed by atoms with Crippen molar-refractivity contribution in [3.63, 3.8) is 0 Å². The van der Waals surface area contributed by atoms with Crippen molar-refractivity contribution in [3.8, 4) is 0 Å². The van der Waals surface area contributed by atoms with Gasteiger partial charge in [-0.3, -0.25) is 9.59 Å². The van der Waals surface area contributed by atoms with E-state index < -0.39 is 0 Å². The van der Waals surface area contributed by atoms with E-state index in [0.29, 0.717) is 21.8 Å². The van der Waals surface area contributed by atoms with Crippen LogP contribution in [0.3, 0.4) is 0 Å². The van der Waals surface area contributed by atoms with Crippen molar-refractivity contribution >= 4 is 52.2 Å². The topological polar surface area (TPSA) is 71.1 Å². The van der Waals surface area contributed by atoms with Crippen LogP contribution in [0.1, 0.15) is 44.8 Å². The van der Waals surface area contributed by atoms with Gasteiger partial charge in [-0.15, -0.1) is 11.3 Å². The van der Waals surface area contributed by atoms with Crippen molar-refractivity contribution in [2.75, 3.05) is 5.32 Å². The Labute approximate surface area is 188 Å². The average molecular weight is 458 g/mol. The van der Waals surface area contributed by atoms with Crippen molar-refractivity contribution in [1.29, 1.82) is 0 Å². The number of carbonyl (C=O) groups is 2. The summed E-state index contributed by atoms with van der Waals surface area (Å²) in [6, 6.07) is 12.7. The second-order valence-electron chi connectivity index (χ2n) is 7.14. The largest absolute Gasteiger partial charge is 0.349 e. The molecule has 1 aliphatic rings. The van der Waals surface area contributed by atoms with E-state index in [1.807, 2.05) is 24.4 Å². The highest BCUT2D eigenvalue weighted by atomic mass is 35.5. The molecule has 5 nitrogen and oxygen atoms in total. The molecule has 1 aliphatic carbocycles. The number of halogens is 1. The van der Waals surface area contributed by atoms with E-state index in [0.717, 1.165) is 34.2 Å². The van der Waals surface area contributed by atoms with Crippen molar-refractivity contribution in [3.05, 3.63) is 75.3 Å². The Morgan fingerprint density at radius 3 is 2.57 bits per heavy atom. The zero-order valence-corrected chi connectivity index (χ0v) is 18.7. The van der Waals surface area contributed by atoms with E-state index in [2.05, 4.69) is 15.6 Å². The minimum Gasteiger partial charge on any atom is -0.349 e. The first-order valence-corrected chi connectivity index (χ1v) is 11.8. The zero-order valence-electron chi connectivity index (χ0n) is 16.3. The number of hydrogen-bond donors (Lipinski definition) is 2. The van der Waals surface area contributed by atoms with Gasteiger partial charge in [0.1, 0.15) is 4.34 Å². The van der Waals surface area contributed by atoms with Crippen LogP contribution in [0, 0.1) is 6.92 Å². The van der Waals surface area contributed by atoms with Crippen LogP contribution < -0.4 is 10.6 Å². The SMILES string of the molecule is Cc1csc(SCc2ccc(C(=O)Nc3ccc(C(=O)NC4CC4)c(Cl)c3)cc2)n1. The number of rotatable bonds is 7. The third-order valence-electron chi connectivity index (χ3n) is 4.56. The number of aromatic nitrogens is 1. The molecule has 0 aliphatic heterocycles. The van der Waals surface area contributed by atoms with Gasteiger partial charge in [-0.1, -0.05) is 35.5 Å². The Hall–Kier alpha value is -2.35. The van der Waals surface area contributed by atoms with Crippen molar-refractivity contribution in [2.24, 2.45) is 0 Å². The smallest absolute Gasteiger partial charge is 0.255 e. The number of anilines is 1. The molecule has 30 heavy (non-hydrogen) atoms. The lowest BCUT2D eigenvalue weighted by atomic mass is 10.1. The van der Waals surface area contributed by atoms with E-state index >= 15 is 0 Å². The normalized spacial score (nSPS) is 13.1. The summed E-state index contributed by atoms with van der Waals surface area (Å²) in [6.45, 7) is 1.98. The molecular weight excluding hydrogens is 438 g/mol. The van der Waals surface area contributed by atoms with Gasteiger partial charge in [-0.2, -0.15) is 0 Å². The number of hydrogen-bond acceptors (Lipinski definition) is 5. The third kappa shape index (κ3) is 5.41. The lowest BCUT2D eigenvalue weighted by Gasteiger charge is -2.09. The van der Waals surface area contributed by atoms with Gasteiger partial charge in [0.15, 0.2) is 0 Å². The van der Waals surface area contributed by atoms with Crippen LogP contribution in [-0.4, -0.2) is 22.8 Å². The highest BCUT2D eigenvalue weighted by Gasteiger charge is 2.24. The summed E-state index contributed by atoms with van der Waals surface area (Å²) in [5.41, 5.74) is 3.68. The molecule has 0 radical (unpaired) electrons. The van der Waals surface area contributed by atoms with Gasteiger partial charge in [0.2, 0.25) is 0 Å². The first-order chi connectivity index (χ1) is 14.5. The standard InChI is InChI=1S/C22H20ClN3O2S2/c1-13-11-29-22(24-13)30-12-14-2-4-15(5-3-14)20(27)26-17-8-9-18(19(23)10-17)21(28)25-16-6-7-16/h2-5,8-11,16H,6-7,12H2,1H3,(H,25,28)(H,26,27). The molecule has 0 unspecified atom stereocenters. The minimum absolute atomic E-state index is 0.179. The molecule has 0 bridgehead atoms. The maximum Gasteiger partial charge on any atom is 0.255 e. The van der Waals surface area contributed by atoms with Gasteiger partial charge in [-0.25, -0.2) is 4.98 Å². The fourth-order valence-electron chi connectivity index (χ4n) is 2.77. The first-order valence-electron chi connectivity index (χ1n) is 9.53. The monoisotopic (exact) mass is 457 g/mol. The summed E-state index contributed by atoms with van der Waals surface area (Å²) in [6.07, 6.45) is 2.03. The van der Waals surface area contributed by atoms with Crippen LogP contribution in [0.4, 0.5) is 5.69 Å². The van der Waals surface area contributed by atoms with Crippen LogP contribution >= 0.6 is 34.7 Å². The molecule has 0 spiro atoms. The van der Waals surface area contributed by atoms with Gasteiger partial charge in [0, 0.05) is 34.1 Å². The first kappa shape index (κ1) is 20.9. The number of nitrogens with zero attached hydrogens (tertiary/aromatic N) is 1. The molecule has 0 atom stereocenters. The number of thiazole rings is 1. The third-order valence-corrected chi connectivity index (χ3v) is 7.08. The quantitative estimate of drug-likeness (QED) is 0.457. The molecule has 2 aromatic carbocycles. The van der Waals surface area contributed by atoms with E-state index in [4.69, 9.17) is 11.6 Å². The van der Waals surface area contributed by atoms with Gasteiger partial charge < -0.3 is 10.6 Å². The summed E-state index contributed by atoms with van der Waals surface area (Å²) in [5, 5.41) is 8.09. The molecular formula is C22H20ClN3O2S2. The Balaban J connectivity index is 1.35. The summed E-state index contributed by atoms with van der Waals surface area (Å²) in [5.74, 6) is 0.396. The maximum absolute atomic E-state index is 12.5. The fourth-order valence-corrected chi connectivity index (χ4v) is 4.84. The van der Waals surface area contributed by atoms with Gasteiger partial charge in [0.25, 0.3) is 11.8 Å². The number of carbonyl (C=O) groups excluding carboxylic acids is 2. The van der Waals surface area contributed by atoms with Crippen molar-refractivity contribution < 1.29 is 9.59 Å². The lowest BCUT2D eigenvalue weighted by molar-refractivity contribution is 0.0950. The summed E-state index contributed by atoms with van der Waals surface area (Å²) in [7, 11) is 0. The molecule has 1 saturated carbocycles.